The van der Waals surface area contributed by atoms with Gasteiger partial charge >= 0.3 is 0 Å². The van der Waals surface area contributed by atoms with Crippen molar-refractivity contribution >= 4 is 28.7 Å². The van der Waals surface area contributed by atoms with Gasteiger partial charge in [-0.3, -0.25) is 4.79 Å². The molecule has 0 aliphatic heterocycles. The van der Waals surface area contributed by atoms with Crippen LogP contribution in [0.15, 0.2) is 48.7 Å². The second kappa shape index (κ2) is 6.81. The van der Waals surface area contributed by atoms with Crippen molar-refractivity contribution < 1.29 is 4.79 Å². The second-order valence-corrected chi connectivity index (χ2v) is 6.24. The topological polar surface area (TPSA) is 75.0 Å². The fourth-order valence-electron chi connectivity index (χ4n) is 2.75. The van der Waals surface area contributed by atoms with Gasteiger partial charge in [-0.2, -0.15) is 0 Å². The van der Waals surface area contributed by atoms with E-state index in [4.69, 9.17) is 5.73 Å². The predicted octanol–water partition coefficient (Wildman–Crippen LogP) is 3.69. The number of aromatic amines is 1. The SMILES string of the molecule is Cc1cccc2[nH]c(C(C)N(C)C(=O)C=Cc3ccc(N)nc3)cc12. The lowest BCUT2D eigenvalue weighted by atomic mass is 10.1. The first kappa shape index (κ1) is 16.8. The molecule has 0 fully saturated rings. The van der Waals surface area contributed by atoms with Crippen LogP contribution >= 0.6 is 0 Å². The van der Waals surface area contributed by atoms with Crippen LogP contribution < -0.4 is 5.73 Å². The summed E-state index contributed by atoms with van der Waals surface area (Å²) in [6.07, 6.45) is 4.94. The molecule has 1 aromatic carbocycles. The summed E-state index contributed by atoms with van der Waals surface area (Å²) in [6, 6.07) is 11.8. The maximum Gasteiger partial charge on any atom is 0.246 e. The molecule has 128 valence electrons. The Morgan fingerprint density at radius 2 is 2.12 bits per heavy atom. The molecule has 3 rings (SSSR count). The van der Waals surface area contributed by atoms with E-state index in [0.29, 0.717) is 5.82 Å². The van der Waals surface area contributed by atoms with E-state index in [1.54, 1.807) is 36.4 Å². The van der Waals surface area contributed by atoms with E-state index in [1.807, 2.05) is 25.1 Å². The Bertz CT molecular complexity index is 925. The number of carbonyl (C=O) groups is 1. The number of nitrogens with one attached hydrogen (secondary N) is 1. The van der Waals surface area contributed by atoms with Gasteiger partial charge in [-0.05, 0) is 55.3 Å². The van der Waals surface area contributed by atoms with Crippen molar-refractivity contribution in [3.63, 3.8) is 0 Å². The summed E-state index contributed by atoms with van der Waals surface area (Å²) in [4.78, 5) is 21.6. The highest BCUT2D eigenvalue weighted by Crippen LogP contribution is 2.25. The third kappa shape index (κ3) is 3.55. The quantitative estimate of drug-likeness (QED) is 0.715. The minimum atomic E-state index is -0.0697. The zero-order valence-electron chi connectivity index (χ0n) is 14.7. The molecule has 5 nitrogen and oxygen atoms in total. The van der Waals surface area contributed by atoms with Gasteiger partial charge in [0.15, 0.2) is 0 Å². The van der Waals surface area contributed by atoms with Gasteiger partial charge in [-0.1, -0.05) is 12.1 Å². The molecule has 1 amide bonds. The lowest BCUT2D eigenvalue weighted by Crippen LogP contribution is -2.28. The first-order chi connectivity index (χ1) is 12.0. The fourth-order valence-corrected chi connectivity index (χ4v) is 2.75. The Morgan fingerprint density at radius 1 is 1.32 bits per heavy atom. The van der Waals surface area contributed by atoms with Gasteiger partial charge in [0.2, 0.25) is 5.91 Å². The molecule has 0 aliphatic rings. The van der Waals surface area contributed by atoms with E-state index >= 15 is 0 Å². The number of likely N-dealkylation sites (N-methyl/N-ethyl adjacent to an activating group) is 1. The van der Waals surface area contributed by atoms with Crippen LogP contribution in [0.4, 0.5) is 5.82 Å². The lowest BCUT2D eigenvalue weighted by Gasteiger charge is -2.22. The first-order valence-corrected chi connectivity index (χ1v) is 8.20. The number of aryl methyl sites for hydroxylation is 1. The number of fused-ring (bicyclic) bond motifs is 1. The van der Waals surface area contributed by atoms with Crippen LogP contribution in [0.3, 0.4) is 0 Å². The molecule has 3 N–H and O–H groups in total. The molecule has 0 saturated heterocycles. The molecule has 0 bridgehead atoms. The molecular formula is C20H22N4O. The van der Waals surface area contributed by atoms with E-state index in [2.05, 4.69) is 29.0 Å². The molecule has 0 saturated carbocycles. The van der Waals surface area contributed by atoms with Gasteiger partial charge < -0.3 is 15.6 Å². The number of amides is 1. The lowest BCUT2D eigenvalue weighted by molar-refractivity contribution is -0.126. The molecule has 1 atom stereocenters. The average Bonchev–Trinajstić information content (AvgIpc) is 3.05. The van der Waals surface area contributed by atoms with Crippen molar-refractivity contribution in [1.82, 2.24) is 14.9 Å². The van der Waals surface area contributed by atoms with Crippen LogP contribution in [-0.4, -0.2) is 27.8 Å². The minimum absolute atomic E-state index is 0.0616. The summed E-state index contributed by atoms with van der Waals surface area (Å²) in [6.45, 7) is 4.10. The van der Waals surface area contributed by atoms with Gasteiger partial charge in [-0.25, -0.2) is 4.98 Å². The molecule has 3 aromatic rings. The fraction of sp³-hybridized carbons (Fsp3) is 0.200. The zero-order chi connectivity index (χ0) is 18.0. The summed E-state index contributed by atoms with van der Waals surface area (Å²) in [5, 5.41) is 1.19. The van der Waals surface area contributed by atoms with Gasteiger partial charge in [0.05, 0.1) is 6.04 Å². The van der Waals surface area contributed by atoms with Crippen LogP contribution in [0.25, 0.3) is 17.0 Å². The van der Waals surface area contributed by atoms with E-state index < -0.39 is 0 Å². The second-order valence-electron chi connectivity index (χ2n) is 6.24. The summed E-state index contributed by atoms with van der Waals surface area (Å²) in [7, 11) is 1.80. The number of anilines is 1. The van der Waals surface area contributed by atoms with E-state index in [1.165, 1.54) is 10.9 Å². The number of aromatic nitrogens is 2. The van der Waals surface area contributed by atoms with Gasteiger partial charge in [0.1, 0.15) is 5.82 Å². The molecule has 0 radical (unpaired) electrons. The van der Waals surface area contributed by atoms with Crippen molar-refractivity contribution in [2.24, 2.45) is 0 Å². The maximum absolute atomic E-state index is 12.5. The molecule has 25 heavy (non-hydrogen) atoms. The average molecular weight is 334 g/mol. The summed E-state index contributed by atoms with van der Waals surface area (Å²) in [5.41, 5.74) is 9.73. The standard InChI is InChI=1S/C20H22N4O/c1-13-5-4-6-17-16(13)11-18(23-17)14(2)24(3)20(25)10-8-15-7-9-19(21)22-12-15/h4-12,14,23H,1-3H3,(H2,21,22). The van der Waals surface area contributed by atoms with Crippen molar-refractivity contribution in [1.29, 1.82) is 0 Å². The number of nitrogens with zero attached hydrogens (tertiary/aromatic N) is 2. The molecule has 0 aliphatic carbocycles. The smallest absolute Gasteiger partial charge is 0.246 e. The summed E-state index contributed by atoms with van der Waals surface area (Å²) >= 11 is 0. The molecule has 5 heteroatoms. The van der Waals surface area contributed by atoms with E-state index in [-0.39, 0.29) is 11.9 Å². The molecule has 2 heterocycles. The van der Waals surface area contributed by atoms with E-state index in [0.717, 1.165) is 16.8 Å². The number of nitrogens with two attached hydrogens (primary N) is 1. The molecule has 0 spiro atoms. The number of nitrogen functional groups attached to an aromatic ring is 1. The van der Waals surface area contributed by atoms with Crippen molar-refractivity contribution in [2.75, 3.05) is 12.8 Å². The summed E-state index contributed by atoms with van der Waals surface area (Å²) < 4.78 is 0. The monoisotopic (exact) mass is 334 g/mol. The highest BCUT2D eigenvalue weighted by atomic mass is 16.2. The van der Waals surface area contributed by atoms with Crippen molar-refractivity contribution in [3.05, 3.63) is 65.5 Å². The molecular weight excluding hydrogens is 312 g/mol. The molecule has 1 unspecified atom stereocenters. The van der Waals surface area contributed by atoms with Crippen molar-refractivity contribution in [2.45, 2.75) is 19.9 Å². The Kier molecular flexibility index (Phi) is 4.57. The number of pyridine rings is 1. The Hall–Kier alpha value is -3.08. The summed E-state index contributed by atoms with van der Waals surface area (Å²) in [5.74, 6) is 0.392. The van der Waals surface area contributed by atoms with Gasteiger partial charge in [0.25, 0.3) is 0 Å². The third-order valence-electron chi connectivity index (χ3n) is 4.51. The van der Waals surface area contributed by atoms with Crippen LogP contribution in [0.5, 0.6) is 0 Å². The van der Waals surface area contributed by atoms with Gasteiger partial charge in [-0.15, -0.1) is 0 Å². The number of carbonyl (C=O) groups excluding carboxylic acids is 1. The largest absolute Gasteiger partial charge is 0.384 e. The predicted molar refractivity (Wildman–Crippen MR) is 102 cm³/mol. The Balaban J connectivity index is 1.76. The number of hydrogen-bond acceptors (Lipinski definition) is 3. The van der Waals surface area contributed by atoms with Crippen LogP contribution in [0.1, 0.15) is 29.8 Å². The minimum Gasteiger partial charge on any atom is -0.384 e. The Morgan fingerprint density at radius 3 is 2.80 bits per heavy atom. The Labute approximate surface area is 147 Å². The highest BCUT2D eigenvalue weighted by molar-refractivity contribution is 5.92. The zero-order valence-corrected chi connectivity index (χ0v) is 14.7. The highest BCUT2D eigenvalue weighted by Gasteiger charge is 2.17. The van der Waals surface area contributed by atoms with Crippen molar-refractivity contribution in [3.8, 4) is 0 Å². The number of hydrogen-bond donors (Lipinski definition) is 2. The van der Waals surface area contributed by atoms with Crippen LogP contribution in [0, 0.1) is 6.92 Å². The number of benzene rings is 1. The number of rotatable bonds is 4. The maximum atomic E-state index is 12.5. The van der Waals surface area contributed by atoms with E-state index in [9.17, 15) is 4.79 Å². The molecule has 2 aromatic heterocycles. The normalized spacial score (nSPS) is 12.6. The number of H-pyrrole nitrogens is 1. The third-order valence-corrected chi connectivity index (χ3v) is 4.51. The first-order valence-electron chi connectivity index (χ1n) is 8.20. The van der Waals surface area contributed by atoms with Gasteiger partial charge in [0, 0.05) is 35.9 Å². The van der Waals surface area contributed by atoms with Crippen LogP contribution in [-0.2, 0) is 4.79 Å². The van der Waals surface area contributed by atoms with Crippen LogP contribution in [0.2, 0.25) is 0 Å².